The fourth-order valence-corrected chi connectivity index (χ4v) is 3.28. The van der Waals surface area contributed by atoms with Gasteiger partial charge in [0.25, 0.3) is 0 Å². The van der Waals surface area contributed by atoms with Gasteiger partial charge < -0.3 is 20.8 Å². The third kappa shape index (κ3) is 4.32. The van der Waals surface area contributed by atoms with Crippen LogP contribution in [0.5, 0.6) is 0 Å². The van der Waals surface area contributed by atoms with Gasteiger partial charge in [0.15, 0.2) is 5.82 Å². The number of pyridine rings is 1. The second-order valence-corrected chi connectivity index (χ2v) is 7.46. The van der Waals surface area contributed by atoms with Crippen molar-refractivity contribution < 1.29 is 19.5 Å². The average molecular weight is 428 g/mol. The zero-order valence-electron chi connectivity index (χ0n) is 16.4. The molecule has 0 aliphatic heterocycles. The maximum Gasteiger partial charge on any atom is 0.311 e. The van der Waals surface area contributed by atoms with Crippen molar-refractivity contribution in [3.8, 4) is 0 Å². The largest absolute Gasteiger partial charge is 0.393 e. The van der Waals surface area contributed by atoms with Gasteiger partial charge in [0.1, 0.15) is 17.2 Å². The molecule has 1 saturated carbocycles. The quantitative estimate of drug-likeness (QED) is 0.258. The van der Waals surface area contributed by atoms with E-state index >= 15 is 0 Å². The molecule has 1 aliphatic carbocycles. The van der Waals surface area contributed by atoms with Crippen LogP contribution in [0.1, 0.15) is 30.0 Å². The first-order chi connectivity index (χ1) is 14.9. The Labute approximate surface area is 176 Å². The van der Waals surface area contributed by atoms with E-state index in [1.54, 1.807) is 6.07 Å². The van der Waals surface area contributed by atoms with Gasteiger partial charge in [0, 0.05) is 23.7 Å². The van der Waals surface area contributed by atoms with E-state index < -0.39 is 29.5 Å². The van der Waals surface area contributed by atoms with Crippen LogP contribution in [-0.4, -0.2) is 43.5 Å². The predicted octanol–water partition coefficient (Wildman–Crippen LogP) is 2.76. The molecule has 0 atom stereocenters. The molecule has 162 valence electrons. The highest BCUT2D eigenvalue weighted by Crippen LogP contribution is 2.40. The Morgan fingerprint density at radius 1 is 1.16 bits per heavy atom. The summed E-state index contributed by atoms with van der Waals surface area (Å²) in [5.74, 6) is 0.484. The third-order valence-electron chi connectivity index (χ3n) is 5.24. The van der Waals surface area contributed by atoms with Gasteiger partial charge in [-0.3, -0.25) is 15.2 Å². The van der Waals surface area contributed by atoms with Crippen molar-refractivity contribution in [2.45, 2.75) is 24.3 Å². The van der Waals surface area contributed by atoms with Crippen LogP contribution in [-0.2, 0) is 5.54 Å². The van der Waals surface area contributed by atoms with E-state index in [1.807, 2.05) is 0 Å². The van der Waals surface area contributed by atoms with E-state index in [1.165, 1.54) is 36.4 Å². The molecule has 1 fully saturated rings. The Morgan fingerprint density at radius 3 is 2.48 bits per heavy atom. The summed E-state index contributed by atoms with van der Waals surface area (Å²) in [5.41, 5.74) is -0.258. The fourth-order valence-electron chi connectivity index (χ4n) is 3.28. The SMILES string of the molecule is O=[N+]([O-])c1ccc(NC(CO)(CO)c2ccc(F)cc2)nc1Nc1cc(C2CC2)[nH]n1. The summed E-state index contributed by atoms with van der Waals surface area (Å²) in [6.07, 6.45) is 2.15. The molecule has 0 spiro atoms. The van der Waals surface area contributed by atoms with Crippen LogP contribution in [0, 0.1) is 15.9 Å². The Bertz CT molecular complexity index is 1080. The highest BCUT2D eigenvalue weighted by molar-refractivity contribution is 5.66. The van der Waals surface area contributed by atoms with Crippen LogP contribution in [0.3, 0.4) is 0 Å². The van der Waals surface area contributed by atoms with Crippen molar-refractivity contribution in [2.24, 2.45) is 0 Å². The summed E-state index contributed by atoms with van der Waals surface area (Å²) in [6, 6.07) is 9.70. The number of nitrogens with one attached hydrogen (secondary N) is 3. The molecule has 3 aromatic rings. The highest BCUT2D eigenvalue weighted by atomic mass is 19.1. The van der Waals surface area contributed by atoms with Crippen molar-refractivity contribution >= 4 is 23.1 Å². The number of nitro groups is 1. The standard InChI is InChI=1S/C20H21FN6O4/c21-14-5-3-13(4-6-14)20(10-28,11-29)24-17-8-7-16(27(30)31)19(22-17)23-18-9-15(25-26-18)12-1-2-12/h3-9,12,28-29H,1-2,10-11H2,(H3,22,23,24,25,26). The van der Waals surface area contributed by atoms with Crippen LogP contribution in [0.4, 0.5) is 27.5 Å². The molecule has 2 heterocycles. The van der Waals surface area contributed by atoms with Crippen LogP contribution in [0.2, 0.25) is 0 Å². The van der Waals surface area contributed by atoms with Gasteiger partial charge in [0.2, 0.25) is 5.82 Å². The Hall–Kier alpha value is -3.57. The van der Waals surface area contributed by atoms with Crippen LogP contribution < -0.4 is 10.6 Å². The number of aliphatic hydroxyl groups is 2. The zero-order valence-corrected chi connectivity index (χ0v) is 16.4. The van der Waals surface area contributed by atoms with Gasteiger partial charge in [0.05, 0.1) is 18.1 Å². The maximum atomic E-state index is 13.3. The molecule has 5 N–H and O–H groups in total. The van der Waals surface area contributed by atoms with Gasteiger partial charge in [-0.2, -0.15) is 5.10 Å². The lowest BCUT2D eigenvalue weighted by Crippen LogP contribution is -2.43. The number of aromatic amines is 1. The minimum absolute atomic E-state index is 0.0484. The van der Waals surface area contributed by atoms with E-state index in [0.717, 1.165) is 18.5 Å². The smallest absolute Gasteiger partial charge is 0.311 e. The minimum atomic E-state index is -1.38. The zero-order chi connectivity index (χ0) is 22.0. The summed E-state index contributed by atoms with van der Waals surface area (Å²) in [7, 11) is 0. The van der Waals surface area contributed by atoms with E-state index in [2.05, 4.69) is 25.8 Å². The molecule has 10 nitrogen and oxygen atoms in total. The number of H-pyrrole nitrogens is 1. The molecule has 1 aliphatic rings. The molecule has 4 rings (SSSR count). The second-order valence-electron chi connectivity index (χ2n) is 7.46. The number of aromatic nitrogens is 3. The topological polar surface area (TPSA) is 149 Å². The molecule has 0 unspecified atom stereocenters. The number of benzene rings is 1. The van der Waals surface area contributed by atoms with Crippen LogP contribution >= 0.6 is 0 Å². The lowest BCUT2D eigenvalue weighted by molar-refractivity contribution is -0.384. The van der Waals surface area contributed by atoms with Crippen molar-refractivity contribution in [1.82, 2.24) is 15.2 Å². The monoisotopic (exact) mass is 428 g/mol. The lowest BCUT2D eigenvalue weighted by Gasteiger charge is -2.32. The van der Waals surface area contributed by atoms with E-state index in [4.69, 9.17) is 0 Å². The molecule has 31 heavy (non-hydrogen) atoms. The van der Waals surface area contributed by atoms with Gasteiger partial charge >= 0.3 is 5.69 Å². The van der Waals surface area contributed by atoms with Gasteiger partial charge in [-0.1, -0.05) is 12.1 Å². The molecule has 2 aromatic heterocycles. The van der Waals surface area contributed by atoms with Crippen LogP contribution in [0.15, 0.2) is 42.5 Å². The maximum absolute atomic E-state index is 13.3. The van der Waals surface area contributed by atoms with Gasteiger partial charge in [-0.05, 0) is 36.6 Å². The Morgan fingerprint density at radius 2 is 1.87 bits per heavy atom. The van der Waals surface area contributed by atoms with Gasteiger partial charge in [-0.25, -0.2) is 9.37 Å². The summed E-state index contributed by atoms with van der Waals surface area (Å²) in [4.78, 5) is 15.2. The number of nitrogens with zero attached hydrogens (tertiary/aromatic N) is 3. The molecule has 11 heteroatoms. The minimum Gasteiger partial charge on any atom is -0.393 e. The van der Waals surface area contributed by atoms with E-state index in [-0.39, 0.29) is 17.3 Å². The predicted molar refractivity (Wildman–Crippen MR) is 111 cm³/mol. The van der Waals surface area contributed by atoms with Crippen molar-refractivity contribution in [2.75, 3.05) is 23.8 Å². The number of rotatable bonds is 9. The average Bonchev–Trinajstić information content (AvgIpc) is 3.52. The number of aliphatic hydroxyl groups excluding tert-OH is 2. The molecule has 0 bridgehead atoms. The van der Waals surface area contributed by atoms with E-state index in [9.17, 15) is 24.7 Å². The summed E-state index contributed by atoms with van der Waals surface area (Å²) >= 11 is 0. The van der Waals surface area contributed by atoms with Crippen molar-refractivity contribution in [3.63, 3.8) is 0 Å². The normalized spacial score (nSPS) is 13.8. The number of anilines is 3. The summed E-state index contributed by atoms with van der Waals surface area (Å²) in [5, 5.41) is 44.3. The highest BCUT2D eigenvalue weighted by Gasteiger charge is 2.32. The second kappa shape index (κ2) is 8.28. The van der Waals surface area contributed by atoms with Gasteiger partial charge in [-0.15, -0.1) is 0 Å². The summed E-state index contributed by atoms with van der Waals surface area (Å²) < 4.78 is 13.3. The van der Waals surface area contributed by atoms with E-state index in [0.29, 0.717) is 17.3 Å². The van der Waals surface area contributed by atoms with Crippen LogP contribution in [0.25, 0.3) is 0 Å². The fraction of sp³-hybridized carbons (Fsp3) is 0.300. The number of hydrogen-bond acceptors (Lipinski definition) is 8. The third-order valence-corrected chi connectivity index (χ3v) is 5.24. The molecule has 1 aromatic carbocycles. The molecule has 0 radical (unpaired) electrons. The molecular weight excluding hydrogens is 407 g/mol. The molecule has 0 saturated heterocycles. The Balaban J connectivity index is 1.64. The first-order valence-corrected chi connectivity index (χ1v) is 9.68. The first-order valence-electron chi connectivity index (χ1n) is 9.68. The number of hydrogen-bond donors (Lipinski definition) is 5. The molecular formula is C20H21FN6O4. The number of halogens is 1. The molecule has 0 amide bonds. The first kappa shape index (κ1) is 20.7. The summed E-state index contributed by atoms with van der Waals surface area (Å²) in [6.45, 7) is -1.05. The lowest BCUT2D eigenvalue weighted by atomic mass is 9.91. The Kier molecular flexibility index (Phi) is 5.53. The van der Waals surface area contributed by atoms with Crippen molar-refractivity contribution in [1.29, 1.82) is 0 Å². The van der Waals surface area contributed by atoms with Crippen molar-refractivity contribution in [3.05, 3.63) is 69.7 Å².